The van der Waals surface area contributed by atoms with E-state index in [4.69, 9.17) is 4.74 Å². The minimum Gasteiger partial charge on any atom is -0.378 e. The lowest BCUT2D eigenvalue weighted by atomic mass is 9.82. The van der Waals surface area contributed by atoms with E-state index in [0.717, 1.165) is 19.6 Å². The molecule has 1 fully saturated rings. The first-order valence-electron chi connectivity index (χ1n) is 6.91. The Bertz CT molecular complexity index is 558. The lowest BCUT2D eigenvalue weighted by molar-refractivity contribution is -0.00841. The lowest BCUT2D eigenvalue weighted by Gasteiger charge is -2.35. The maximum atomic E-state index is 5.29. The molecule has 19 heavy (non-hydrogen) atoms. The minimum atomic E-state index is 0.315. The highest BCUT2D eigenvalue weighted by Crippen LogP contribution is 2.35. The quantitative estimate of drug-likeness (QED) is 0.886. The number of ether oxygens (including phenoxy) is 1. The molecule has 0 amide bonds. The molecular weight excluding hydrogens is 234 g/mol. The predicted octanol–water partition coefficient (Wildman–Crippen LogP) is 2.67. The summed E-state index contributed by atoms with van der Waals surface area (Å²) in [5.41, 5.74) is 5.74. The van der Waals surface area contributed by atoms with E-state index < -0.39 is 0 Å². The fourth-order valence-electron chi connectivity index (χ4n) is 3.07. The molecule has 2 nitrogen and oxygen atoms in total. The van der Waals surface area contributed by atoms with E-state index in [1.807, 2.05) is 0 Å². The van der Waals surface area contributed by atoms with Crippen molar-refractivity contribution in [1.29, 1.82) is 0 Å². The van der Waals surface area contributed by atoms with Crippen molar-refractivity contribution < 1.29 is 4.74 Å². The van der Waals surface area contributed by atoms with Gasteiger partial charge in [0.25, 0.3) is 0 Å². The van der Waals surface area contributed by atoms with Crippen molar-refractivity contribution >= 4 is 0 Å². The van der Waals surface area contributed by atoms with Crippen molar-refractivity contribution in [2.24, 2.45) is 0 Å². The van der Waals surface area contributed by atoms with Crippen LogP contribution in [0.25, 0.3) is 0 Å². The van der Waals surface area contributed by atoms with Gasteiger partial charge < -0.3 is 4.74 Å². The largest absolute Gasteiger partial charge is 0.378 e. The maximum Gasteiger partial charge on any atom is 0.0643 e. The van der Waals surface area contributed by atoms with Crippen LogP contribution in [-0.4, -0.2) is 19.3 Å². The monoisotopic (exact) mass is 251 g/mol. The summed E-state index contributed by atoms with van der Waals surface area (Å²) in [5, 5.41) is 3.74. The minimum absolute atomic E-state index is 0.315. The lowest BCUT2D eigenvalue weighted by Crippen LogP contribution is -2.48. The van der Waals surface area contributed by atoms with Crippen molar-refractivity contribution in [3.05, 3.63) is 70.8 Å². The Kier molecular flexibility index (Phi) is 2.64. The molecule has 1 aliphatic heterocycles. The van der Waals surface area contributed by atoms with Gasteiger partial charge in [0.15, 0.2) is 0 Å². The van der Waals surface area contributed by atoms with Crippen molar-refractivity contribution in [3.63, 3.8) is 0 Å². The summed E-state index contributed by atoms with van der Waals surface area (Å²) in [6, 6.07) is 18.3. The summed E-state index contributed by atoms with van der Waals surface area (Å²) in [7, 11) is 0. The molecule has 2 aromatic rings. The molecule has 1 N–H and O–H groups in total. The first kappa shape index (κ1) is 11.2. The van der Waals surface area contributed by atoms with Gasteiger partial charge in [-0.25, -0.2) is 0 Å². The van der Waals surface area contributed by atoms with Crippen LogP contribution in [0.2, 0.25) is 0 Å². The first-order valence-corrected chi connectivity index (χ1v) is 6.91. The predicted molar refractivity (Wildman–Crippen MR) is 75.3 cm³/mol. The van der Waals surface area contributed by atoms with Crippen molar-refractivity contribution in [1.82, 2.24) is 5.32 Å². The molecule has 0 spiro atoms. The second kappa shape index (κ2) is 4.48. The molecule has 2 aliphatic rings. The Balaban J connectivity index is 1.78. The van der Waals surface area contributed by atoms with Gasteiger partial charge in [0, 0.05) is 0 Å². The van der Waals surface area contributed by atoms with Crippen LogP contribution < -0.4 is 5.32 Å². The second-order valence-electron chi connectivity index (χ2n) is 5.41. The van der Waals surface area contributed by atoms with Crippen LogP contribution in [0, 0.1) is 0 Å². The molecule has 1 aliphatic carbocycles. The van der Waals surface area contributed by atoms with E-state index >= 15 is 0 Å². The van der Waals surface area contributed by atoms with Crippen LogP contribution in [0.5, 0.6) is 0 Å². The third kappa shape index (κ3) is 1.88. The van der Waals surface area contributed by atoms with Crippen LogP contribution >= 0.6 is 0 Å². The fourth-order valence-corrected chi connectivity index (χ4v) is 3.07. The molecular formula is C17H17NO. The summed E-state index contributed by atoms with van der Waals surface area (Å²) in [5.74, 6) is 0. The maximum absolute atomic E-state index is 5.29. The van der Waals surface area contributed by atoms with E-state index in [-0.39, 0.29) is 0 Å². The van der Waals surface area contributed by atoms with Gasteiger partial charge in [-0.3, -0.25) is 5.32 Å². The van der Waals surface area contributed by atoms with E-state index in [1.165, 1.54) is 22.3 Å². The van der Waals surface area contributed by atoms with Crippen LogP contribution in [0.3, 0.4) is 0 Å². The third-order valence-electron chi connectivity index (χ3n) is 4.15. The molecule has 2 heteroatoms. The van der Waals surface area contributed by atoms with Crippen LogP contribution in [-0.2, 0) is 11.2 Å². The number of fused-ring (bicyclic) bond motifs is 2. The normalized spacial score (nSPS) is 18.5. The summed E-state index contributed by atoms with van der Waals surface area (Å²) in [6.07, 6.45) is 1.05. The van der Waals surface area contributed by atoms with E-state index in [0.29, 0.717) is 12.1 Å². The SMILES string of the molecule is c1ccc2c(c1)Cc1ccccc1C2NC1COC1. The Morgan fingerprint density at radius 2 is 1.42 bits per heavy atom. The van der Waals surface area contributed by atoms with Gasteiger partial charge in [-0.05, 0) is 28.7 Å². The number of hydrogen-bond donors (Lipinski definition) is 1. The summed E-state index contributed by atoms with van der Waals surface area (Å²) >= 11 is 0. The van der Waals surface area contributed by atoms with Gasteiger partial charge in [-0.15, -0.1) is 0 Å². The average Bonchev–Trinajstić information content (AvgIpc) is 2.41. The molecule has 4 rings (SSSR count). The molecule has 1 saturated heterocycles. The average molecular weight is 251 g/mol. The van der Waals surface area contributed by atoms with Crippen LogP contribution in [0.15, 0.2) is 48.5 Å². The Morgan fingerprint density at radius 3 is 1.95 bits per heavy atom. The highest BCUT2D eigenvalue weighted by molar-refractivity contribution is 5.48. The molecule has 0 aromatic heterocycles. The van der Waals surface area contributed by atoms with E-state index in [9.17, 15) is 0 Å². The Morgan fingerprint density at radius 1 is 0.842 bits per heavy atom. The van der Waals surface area contributed by atoms with E-state index in [2.05, 4.69) is 53.8 Å². The number of nitrogens with one attached hydrogen (secondary N) is 1. The van der Waals surface area contributed by atoms with Crippen molar-refractivity contribution in [2.45, 2.75) is 18.5 Å². The van der Waals surface area contributed by atoms with E-state index in [1.54, 1.807) is 0 Å². The zero-order valence-corrected chi connectivity index (χ0v) is 10.8. The molecule has 0 unspecified atom stereocenters. The summed E-state index contributed by atoms with van der Waals surface area (Å²) < 4.78 is 5.29. The van der Waals surface area contributed by atoms with Gasteiger partial charge in [-0.1, -0.05) is 48.5 Å². The first-order chi connectivity index (χ1) is 9.42. The zero-order chi connectivity index (χ0) is 12.7. The van der Waals surface area contributed by atoms with Gasteiger partial charge in [-0.2, -0.15) is 0 Å². The Hall–Kier alpha value is -1.64. The van der Waals surface area contributed by atoms with Crippen LogP contribution in [0.1, 0.15) is 28.3 Å². The van der Waals surface area contributed by atoms with Gasteiger partial charge in [0.1, 0.15) is 0 Å². The molecule has 0 bridgehead atoms. The number of benzene rings is 2. The fraction of sp³-hybridized carbons (Fsp3) is 0.294. The van der Waals surface area contributed by atoms with Gasteiger partial charge in [0.2, 0.25) is 0 Å². The molecule has 0 saturated carbocycles. The molecule has 2 aromatic carbocycles. The number of rotatable bonds is 2. The highest BCUT2D eigenvalue weighted by atomic mass is 16.5. The molecule has 0 atom stereocenters. The van der Waals surface area contributed by atoms with Crippen molar-refractivity contribution in [2.75, 3.05) is 13.2 Å². The van der Waals surface area contributed by atoms with Crippen molar-refractivity contribution in [3.8, 4) is 0 Å². The Labute approximate surface area is 113 Å². The summed E-state index contributed by atoms with van der Waals surface area (Å²) in [6.45, 7) is 1.67. The summed E-state index contributed by atoms with van der Waals surface area (Å²) in [4.78, 5) is 0. The van der Waals surface area contributed by atoms with Crippen LogP contribution in [0.4, 0.5) is 0 Å². The topological polar surface area (TPSA) is 21.3 Å². The third-order valence-corrected chi connectivity index (χ3v) is 4.15. The second-order valence-corrected chi connectivity index (χ2v) is 5.41. The van der Waals surface area contributed by atoms with Gasteiger partial charge in [0.05, 0.1) is 25.3 Å². The standard InChI is InChI=1S/C17H17NO/c1-3-7-15-12(5-1)9-13-6-2-4-8-16(13)17(15)18-14-10-19-11-14/h1-8,14,17-18H,9-11H2. The molecule has 96 valence electrons. The smallest absolute Gasteiger partial charge is 0.0643 e. The molecule has 1 heterocycles. The number of hydrogen-bond acceptors (Lipinski definition) is 2. The molecule has 0 radical (unpaired) electrons. The van der Waals surface area contributed by atoms with Gasteiger partial charge >= 0.3 is 0 Å². The highest BCUT2D eigenvalue weighted by Gasteiger charge is 2.29. The zero-order valence-electron chi connectivity index (χ0n) is 10.8.